The zero-order valence-electron chi connectivity index (χ0n) is 10.5. The molecule has 3 nitrogen and oxygen atoms in total. The summed E-state index contributed by atoms with van der Waals surface area (Å²) in [7, 11) is 0. The number of nitrogens with one attached hydrogen (secondary N) is 1. The van der Waals surface area contributed by atoms with Crippen molar-refractivity contribution in [3.63, 3.8) is 0 Å². The van der Waals surface area contributed by atoms with Crippen LogP contribution in [0.3, 0.4) is 0 Å². The summed E-state index contributed by atoms with van der Waals surface area (Å²) in [4.78, 5) is 0. The maximum atomic E-state index is 13.6. The third kappa shape index (κ3) is 2.29. The SMILES string of the molecule is CCOc1cc(F)cc(-c2ccc3cn[nH]c3c2)c1. The molecule has 0 aliphatic rings. The first-order valence-electron chi connectivity index (χ1n) is 6.13. The van der Waals surface area contributed by atoms with Gasteiger partial charge in [-0.05, 0) is 36.2 Å². The fourth-order valence-corrected chi connectivity index (χ4v) is 2.10. The molecule has 3 aromatic rings. The molecule has 0 fully saturated rings. The van der Waals surface area contributed by atoms with Crippen molar-refractivity contribution in [2.45, 2.75) is 6.92 Å². The molecule has 0 bridgehead atoms. The Morgan fingerprint density at radius 2 is 2.05 bits per heavy atom. The molecule has 2 aromatic carbocycles. The molecule has 0 saturated carbocycles. The van der Waals surface area contributed by atoms with E-state index in [0.717, 1.165) is 22.0 Å². The van der Waals surface area contributed by atoms with Crippen LogP contribution in [0.25, 0.3) is 22.0 Å². The minimum atomic E-state index is -0.300. The minimum absolute atomic E-state index is 0.300. The Kier molecular flexibility index (Phi) is 2.91. The Bertz CT molecular complexity index is 721. The molecule has 0 aliphatic carbocycles. The van der Waals surface area contributed by atoms with Gasteiger partial charge in [-0.3, -0.25) is 5.10 Å². The highest BCUT2D eigenvalue weighted by molar-refractivity contribution is 5.83. The number of ether oxygens (including phenoxy) is 1. The molecule has 0 unspecified atom stereocenters. The van der Waals surface area contributed by atoms with Gasteiger partial charge in [0.05, 0.1) is 18.3 Å². The van der Waals surface area contributed by atoms with E-state index in [2.05, 4.69) is 10.2 Å². The normalized spacial score (nSPS) is 10.8. The summed E-state index contributed by atoms with van der Waals surface area (Å²) in [5, 5.41) is 7.92. The van der Waals surface area contributed by atoms with Crippen LogP contribution in [0.1, 0.15) is 6.92 Å². The maximum absolute atomic E-state index is 13.6. The van der Waals surface area contributed by atoms with E-state index in [1.54, 1.807) is 6.20 Å². The molecule has 0 atom stereocenters. The topological polar surface area (TPSA) is 37.9 Å². The van der Waals surface area contributed by atoms with Gasteiger partial charge in [0.2, 0.25) is 0 Å². The van der Waals surface area contributed by atoms with Crippen LogP contribution in [0, 0.1) is 5.82 Å². The van der Waals surface area contributed by atoms with Gasteiger partial charge in [0.15, 0.2) is 0 Å². The van der Waals surface area contributed by atoms with Crippen molar-refractivity contribution in [1.29, 1.82) is 0 Å². The number of aromatic amines is 1. The van der Waals surface area contributed by atoms with E-state index < -0.39 is 0 Å². The standard InChI is InChI=1S/C15H13FN2O/c1-2-19-14-6-12(5-13(16)8-14)10-3-4-11-9-17-18-15(11)7-10/h3-9H,2H2,1H3,(H,17,18). The molecule has 0 saturated heterocycles. The van der Waals surface area contributed by atoms with E-state index >= 15 is 0 Å². The van der Waals surface area contributed by atoms with Crippen LogP contribution in [0.5, 0.6) is 5.75 Å². The molecule has 0 aliphatic heterocycles. The summed E-state index contributed by atoms with van der Waals surface area (Å²) >= 11 is 0. The number of benzene rings is 2. The number of fused-ring (bicyclic) bond motifs is 1. The zero-order valence-corrected chi connectivity index (χ0v) is 10.5. The third-order valence-corrected chi connectivity index (χ3v) is 2.96. The van der Waals surface area contributed by atoms with Crippen molar-refractivity contribution in [3.8, 4) is 16.9 Å². The Balaban J connectivity index is 2.09. The van der Waals surface area contributed by atoms with Crippen molar-refractivity contribution in [2.24, 2.45) is 0 Å². The number of halogens is 1. The Morgan fingerprint density at radius 1 is 1.16 bits per heavy atom. The quantitative estimate of drug-likeness (QED) is 0.774. The smallest absolute Gasteiger partial charge is 0.127 e. The van der Waals surface area contributed by atoms with Crippen molar-refractivity contribution >= 4 is 10.9 Å². The number of rotatable bonds is 3. The van der Waals surface area contributed by atoms with Gasteiger partial charge in [-0.25, -0.2) is 4.39 Å². The number of nitrogens with zero attached hydrogens (tertiary/aromatic N) is 1. The first-order valence-corrected chi connectivity index (χ1v) is 6.13. The summed E-state index contributed by atoms with van der Waals surface area (Å²) in [5.74, 6) is 0.243. The van der Waals surface area contributed by atoms with Crippen LogP contribution >= 0.6 is 0 Å². The molecule has 0 radical (unpaired) electrons. The highest BCUT2D eigenvalue weighted by atomic mass is 19.1. The molecule has 3 rings (SSSR count). The summed E-state index contributed by atoms with van der Waals surface area (Å²) < 4.78 is 19.0. The van der Waals surface area contributed by atoms with Crippen molar-refractivity contribution in [1.82, 2.24) is 10.2 Å². The lowest BCUT2D eigenvalue weighted by atomic mass is 10.0. The van der Waals surface area contributed by atoms with E-state index in [-0.39, 0.29) is 5.82 Å². The van der Waals surface area contributed by atoms with E-state index in [1.807, 2.05) is 31.2 Å². The molecular formula is C15H13FN2O. The van der Waals surface area contributed by atoms with Gasteiger partial charge in [-0.15, -0.1) is 0 Å². The fraction of sp³-hybridized carbons (Fsp3) is 0.133. The van der Waals surface area contributed by atoms with Crippen LogP contribution in [0.4, 0.5) is 4.39 Å². The van der Waals surface area contributed by atoms with Crippen molar-refractivity contribution in [2.75, 3.05) is 6.61 Å². The van der Waals surface area contributed by atoms with E-state index in [0.29, 0.717) is 12.4 Å². The lowest BCUT2D eigenvalue weighted by Gasteiger charge is -2.07. The molecule has 1 aromatic heterocycles. The predicted molar refractivity (Wildman–Crippen MR) is 72.7 cm³/mol. The van der Waals surface area contributed by atoms with Crippen molar-refractivity contribution < 1.29 is 9.13 Å². The largest absolute Gasteiger partial charge is 0.494 e. The maximum Gasteiger partial charge on any atom is 0.127 e. The summed E-state index contributed by atoms with van der Waals surface area (Å²) in [6.07, 6.45) is 1.76. The van der Waals surface area contributed by atoms with Gasteiger partial charge < -0.3 is 4.74 Å². The summed E-state index contributed by atoms with van der Waals surface area (Å²) in [6.45, 7) is 2.39. The molecular weight excluding hydrogens is 243 g/mol. The van der Waals surface area contributed by atoms with Crippen molar-refractivity contribution in [3.05, 3.63) is 48.4 Å². The van der Waals surface area contributed by atoms with Crippen LogP contribution in [-0.4, -0.2) is 16.8 Å². The second kappa shape index (κ2) is 4.72. The molecule has 0 spiro atoms. The van der Waals surface area contributed by atoms with Gasteiger partial charge in [-0.1, -0.05) is 12.1 Å². The Labute approximate surface area is 110 Å². The van der Waals surface area contributed by atoms with Gasteiger partial charge in [0.1, 0.15) is 11.6 Å². The average Bonchev–Trinajstić information content (AvgIpc) is 2.85. The van der Waals surface area contributed by atoms with Gasteiger partial charge in [0.25, 0.3) is 0 Å². The van der Waals surface area contributed by atoms with E-state index in [4.69, 9.17) is 4.74 Å². The van der Waals surface area contributed by atoms with Gasteiger partial charge >= 0.3 is 0 Å². The molecule has 1 heterocycles. The number of hydrogen-bond donors (Lipinski definition) is 1. The number of aromatic nitrogens is 2. The molecule has 96 valence electrons. The van der Waals surface area contributed by atoms with Gasteiger partial charge in [0, 0.05) is 11.5 Å². The zero-order chi connectivity index (χ0) is 13.2. The molecule has 0 amide bonds. The Hall–Kier alpha value is -2.36. The molecule has 19 heavy (non-hydrogen) atoms. The van der Waals surface area contributed by atoms with Crippen LogP contribution in [-0.2, 0) is 0 Å². The lowest BCUT2D eigenvalue weighted by Crippen LogP contribution is -1.92. The lowest BCUT2D eigenvalue weighted by molar-refractivity contribution is 0.338. The van der Waals surface area contributed by atoms with Crippen LogP contribution in [0.2, 0.25) is 0 Å². The van der Waals surface area contributed by atoms with Crippen LogP contribution < -0.4 is 4.74 Å². The highest BCUT2D eigenvalue weighted by Gasteiger charge is 2.05. The number of H-pyrrole nitrogens is 1. The third-order valence-electron chi connectivity index (χ3n) is 2.96. The van der Waals surface area contributed by atoms with E-state index in [9.17, 15) is 4.39 Å². The minimum Gasteiger partial charge on any atom is -0.494 e. The average molecular weight is 256 g/mol. The van der Waals surface area contributed by atoms with Crippen LogP contribution in [0.15, 0.2) is 42.6 Å². The summed E-state index contributed by atoms with van der Waals surface area (Å²) in [5.41, 5.74) is 2.65. The first-order chi connectivity index (χ1) is 9.26. The second-order valence-electron chi connectivity index (χ2n) is 4.28. The monoisotopic (exact) mass is 256 g/mol. The predicted octanol–water partition coefficient (Wildman–Crippen LogP) is 3.77. The fourth-order valence-electron chi connectivity index (χ4n) is 2.10. The van der Waals surface area contributed by atoms with Gasteiger partial charge in [-0.2, -0.15) is 5.10 Å². The molecule has 4 heteroatoms. The van der Waals surface area contributed by atoms with E-state index in [1.165, 1.54) is 12.1 Å². The first kappa shape index (κ1) is 11.7. The second-order valence-corrected chi connectivity index (χ2v) is 4.28. The number of hydrogen-bond acceptors (Lipinski definition) is 2. The highest BCUT2D eigenvalue weighted by Crippen LogP contribution is 2.27. The summed E-state index contributed by atoms with van der Waals surface area (Å²) in [6, 6.07) is 10.6. The molecule has 1 N–H and O–H groups in total. The Morgan fingerprint density at radius 3 is 2.89 bits per heavy atom.